The second kappa shape index (κ2) is 8.73. The Morgan fingerprint density at radius 1 is 1.12 bits per heavy atom. The maximum atomic E-state index is 5.24. The van der Waals surface area contributed by atoms with Gasteiger partial charge in [0.05, 0.1) is 6.54 Å². The molecule has 0 saturated carbocycles. The van der Waals surface area contributed by atoms with Gasteiger partial charge in [0, 0.05) is 6.54 Å². The second-order valence-corrected chi connectivity index (χ2v) is 3.09. The Morgan fingerprint density at radius 3 is 2.06 bits per heavy atom. The average molecular weight is 222 g/mol. The number of hydrogen-bond donors (Lipinski definition) is 3. The van der Waals surface area contributed by atoms with Gasteiger partial charge in [-0.1, -0.05) is 38.1 Å². The van der Waals surface area contributed by atoms with E-state index in [9.17, 15) is 0 Å². The third kappa shape index (κ3) is 6.03. The van der Waals surface area contributed by atoms with E-state index in [1.807, 2.05) is 33.0 Å². The summed E-state index contributed by atoms with van der Waals surface area (Å²) in [5, 5.41) is 3.09. The topological polar surface area (TPSA) is 76.4 Å². The first-order valence-corrected chi connectivity index (χ1v) is 5.50. The van der Waals surface area contributed by atoms with Crippen LogP contribution in [0.3, 0.4) is 0 Å². The first-order chi connectivity index (χ1) is 7.72. The fourth-order valence-corrected chi connectivity index (χ4v) is 1.15. The van der Waals surface area contributed by atoms with Crippen molar-refractivity contribution in [2.75, 3.05) is 7.05 Å². The summed E-state index contributed by atoms with van der Waals surface area (Å²) in [5.41, 5.74) is 12.8. The van der Waals surface area contributed by atoms with Gasteiger partial charge in [-0.3, -0.25) is 0 Å². The molecule has 4 nitrogen and oxygen atoms in total. The summed E-state index contributed by atoms with van der Waals surface area (Å²) in [6.07, 6.45) is 0. The lowest BCUT2D eigenvalue weighted by Gasteiger charge is -2.01. The van der Waals surface area contributed by atoms with Gasteiger partial charge in [-0.2, -0.15) is 0 Å². The minimum Gasteiger partial charge on any atom is -0.370 e. The summed E-state index contributed by atoms with van der Waals surface area (Å²) in [7, 11) is 1.92. The minimum atomic E-state index is 0.129. The van der Waals surface area contributed by atoms with Crippen molar-refractivity contribution in [3.05, 3.63) is 35.4 Å². The van der Waals surface area contributed by atoms with Gasteiger partial charge in [0.1, 0.15) is 0 Å². The molecule has 0 spiro atoms. The van der Waals surface area contributed by atoms with Crippen LogP contribution >= 0.6 is 0 Å². The Kier molecular flexibility index (Phi) is 7.89. The van der Waals surface area contributed by atoms with Crippen LogP contribution in [0.2, 0.25) is 0 Å². The molecule has 90 valence electrons. The maximum Gasteiger partial charge on any atom is 0.186 e. The van der Waals surface area contributed by atoms with Crippen LogP contribution < -0.4 is 16.8 Å². The van der Waals surface area contributed by atoms with E-state index < -0.39 is 0 Å². The number of rotatable bonds is 4. The van der Waals surface area contributed by atoms with E-state index in [2.05, 4.69) is 22.4 Å². The van der Waals surface area contributed by atoms with E-state index in [1.165, 1.54) is 5.56 Å². The number of benzene rings is 1. The molecule has 0 unspecified atom stereocenters. The SMILES string of the molecule is CC.CNCc1ccc(CN=C(N)N)cc1. The van der Waals surface area contributed by atoms with E-state index in [0.29, 0.717) is 6.54 Å². The van der Waals surface area contributed by atoms with Crippen molar-refractivity contribution in [2.45, 2.75) is 26.9 Å². The molecule has 0 bridgehead atoms. The normalized spacial score (nSPS) is 8.94. The van der Waals surface area contributed by atoms with Crippen molar-refractivity contribution in [2.24, 2.45) is 16.5 Å². The number of nitrogens with two attached hydrogens (primary N) is 2. The summed E-state index contributed by atoms with van der Waals surface area (Å²) in [5.74, 6) is 0.129. The van der Waals surface area contributed by atoms with Crippen LogP contribution in [0.5, 0.6) is 0 Å². The molecule has 0 heterocycles. The fraction of sp³-hybridized carbons (Fsp3) is 0.417. The molecule has 0 aliphatic heterocycles. The molecule has 0 radical (unpaired) electrons. The van der Waals surface area contributed by atoms with E-state index in [4.69, 9.17) is 11.5 Å². The van der Waals surface area contributed by atoms with Gasteiger partial charge >= 0.3 is 0 Å². The van der Waals surface area contributed by atoms with Crippen molar-refractivity contribution in [3.63, 3.8) is 0 Å². The highest BCUT2D eigenvalue weighted by Crippen LogP contribution is 2.05. The molecule has 0 fully saturated rings. The van der Waals surface area contributed by atoms with Gasteiger partial charge in [0.15, 0.2) is 5.96 Å². The van der Waals surface area contributed by atoms with E-state index in [-0.39, 0.29) is 5.96 Å². The molecule has 5 N–H and O–H groups in total. The van der Waals surface area contributed by atoms with E-state index in [1.54, 1.807) is 0 Å². The summed E-state index contributed by atoms with van der Waals surface area (Å²) < 4.78 is 0. The summed E-state index contributed by atoms with van der Waals surface area (Å²) in [4.78, 5) is 3.93. The molecule has 1 aromatic carbocycles. The smallest absolute Gasteiger partial charge is 0.186 e. The Bertz CT molecular complexity index is 299. The third-order valence-corrected chi connectivity index (χ3v) is 1.85. The van der Waals surface area contributed by atoms with Crippen molar-refractivity contribution in [1.82, 2.24) is 5.32 Å². The van der Waals surface area contributed by atoms with Gasteiger partial charge in [0.25, 0.3) is 0 Å². The highest BCUT2D eigenvalue weighted by Gasteiger charge is 1.92. The van der Waals surface area contributed by atoms with Crippen LogP contribution in [0.1, 0.15) is 25.0 Å². The molecule has 0 atom stereocenters. The number of aliphatic imine (C=N–C) groups is 1. The van der Waals surface area contributed by atoms with Crippen molar-refractivity contribution in [1.29, 1.82) is 0 Å². The molecule has 1 rings (SSSR count). The molecular formula is C12H22N4. The second-order valence-electron chi connectivity index (χ2n) is 3.09. The Morgan fingerprint density at radius 2 is 1.62 bits per heavy atom. The zero-order valence-corrected chi connectivity index (χ0v) is 10.3. The highest BCUT2D eigenvalue weighted by atomic mass is 15.0. The Hall–Kier alpha value is -1.55. The first-order valence-electron chi connectivity index (χ1n) is 5.50. The van der Waals surface area contributed by atoms with Crippen molar-refractivity contribution < 1.29 is 0 Å². The predicted molar refractivity (Wildman–Crippen MR) is 70.1 cm³/mol. The Labute approximate surface area is 97.8 Å². The Balaban J connectivity index is 0.00000106. The van der Waals surface area contributed by atoms with E-state index in [0.717, 1.165) is 12.1 Å². The van der Waals surface area contributed by atoms with Crippen molar-refractivity contribution >= 4 is 5.96 Å². The predicted octanol–water partition coefficient (Wildman–Crippen LogP) is 1.21. The molecule has 16 heavy (non-hydrogen) atoms. The highest BCUT2D eigenvalue weighted by molar-refractivity contribution is 5.75. The minimum absolute atomic E-state index is 0.129. The molecule has 0 aromatic heterocycles. The van der Waals surface area contributed by atoms with Crippen molar-refractivity contribution in [3.8, 4) is 0 Å². The van der Waals surface area contributed by atoms with Gasteiger partial charge in [-0.15, -0.1) is 0 Å². The quantitative estimate of drug-likeness (QED) is 0.529. The number of nitrogens with one attached hydrogen (secondary N) is 1. The summed E-state index contributed by atoms with van der Waals surface area (Å²) in [6.45, 7) is 5.42. The zero-order valence-electron chi connectivity index (χ0n) is 10.3. The molecule has 0 aliphatic rings. The van der Waals surface area contributed by atoms with Crippen LogP contribution in [-0.4, -0.2) is 13.0 Å². The maximum absolute atomic E-state index is 5.24. The van der Waals surface area contributed by atoms with Crippen LogP contribution in [-0.2, 0) is 13.1 Å². The molecule has 0 aliphatic carbocycles. The van der Waals surface area contributed by atoms with E-state index >= 15 is 0 Å². The van der Waals surface area contributed by atoms with Crippen LogP contribution in [0, 0.1) is 0 Å². The molecule has 4 heteroatoms. The van der Waals surface area contributed by atoms with Crippen LogP contribution in [0.25, 0.3) is 0 Å². The largest absolute Gasteiger partial charge is 0.370 e. The summed E-state index contributed by atoms with van der Waals surface area (Å²) in [6, 6.07) is 8.18. The zero-order chi connectivity index (χ0) is 12.4. The lowest BCUT2D eigenvalue weighted by atomic mass is 10.1. The molecule has 0 saturated heterocycles. The van der Waals surface area contributed by atoms with Gasteiger partial charge < -0.3 is 16.8 Å². The molecular weight excluding hydrogens is 200 g/mol. The first kappa shape index (κ1) is 14.5. The molecule has 0 amide bonds. The number of nitrogens with zero attached hydrogens (tertiary/aromatic N) is 1. The van der Waals surface area contributed by atoms with Gasteiger partial charge in [0.2, 0.25) is 0 Å². The number of hydrogen-bond acceptors (Lipinski definition) is 2. The average Bonchev–Trinajstić information content (AvgIpc) is 2.31. The third-order valence-electron chi connectivity index (χ3n) is 1.85. The number of guanidine groups is 1. The van der Waals surface area contributed by atoms with Gasteiger partial charge in [-0.25, -0.2) is 4.99 Å². The molecule has 1 aromatic rings. The fourth-order valence-electron chi connectivity index (χ4n) is 1.15. The van der Waals surface area contributed by atoms with Crippen LogP contribution in [0.4, 0.5) is 0 Å². The standard InChI is InChI=1S/C10H16N4.C2H6/c1-13-6-8-2-4-9(5-3-8)7-14-10(11)12;1-2/h2-5,13H,6-7H2,1H3,(H4,11,12,14);1-2H3. The lowest BCUT2D eigenvalue weighted by Crippen LogP contribution is -2.22. The monoisotopic (exact) mass is 222 g/mol. The van der Waals surface area contributed by atoms with Crippen LogP contribution in [0.15, 0.2) is 29.3 Å². The summed E-state index contributed by atoms with van der Waals surface area (Å²) >= 11 is 0. The lowest BCUT2D eigenvalue weighted by molar-refractivity contribution is 0.817. The van der Waals surface area contributed by atoms with Gasteiger partial charge in [-0.05, 0) is 18.2 Å².